The lowest BCUT2D eigenvalue weighted by molar-refractivity contribution is 0.303. The lowest BCUT2D eigenvalue weighted by Gasteiger charge is -2.34. The Labute approximate surface area is 710 Å². The van der Waals surface area contributed by atoms with Crippen LogP contribution in [0.25, 0.3) is 89.0 Å². The molecule has 0 spiro atoms. The first-order valence-corrected chi connectivity index (χ1v) is 43.7. The van der Waals surface area contributed by atoms with E-state index in [0.717, 1.165) is 84.8 Å². The van der Waals surface area contributed by atoms with Crippen LogP contribution in [0, 0.1) is 0 Å². The van der Waals surface area contributed by atoms with Crippen molar-refractivity contribution in [3.63, 3.8) is 0 Å². The summed E-state index contributed by atoms with van der Waals surface area (Å²) in [5.74, 6) is 1.87. The van der Waals surface area contributed by atoms with Crippen molar-refractivity contribution >= 4 is 34.1 Å². The Morgan fingerprint density at radius 2 is 0.650 bits per heavy atom. The van der Waals surface area contributed by atoms with Crippen molar-refractivity contribution in [2.45, 2.75) is 127 Å². The second kappa shape index (κ2) is 31.7. The average Bonchev–Trinajstić information content (AvgIpc) is 1.55. The summed E-state index contributed by atoms with van der Waals surface area (Å²) < 4.78 is 6.60. The van der Waals surface area contributed by atoms with Crippen LogP contribution in [0.4, 0.5) is 34.1 Å². The number of anilines is 6. The molecule has 0 heterocycles. The molecule has 120 heavy (non-hydrogen) atoms. The number of fused-ring (bicyclic) bond motifs is 10. The first-order chi connectivity index (χ1) is 58.8. The normalized spacial score (nSPS) is 14.2. The van der Waals surface area contributed by atoms with E-state index in [1.165, 1.54) is 163 Å². The van der Waals surface area contributed by atoms with Crippen molar-refractivity contribution in [1.29, 1.82) is 0 Å². The zero-order valence-corrected chi connectivity index (χ0v) is 69.8. The number of unbranched alkanes of at least 4 members (excludes halogenated alkanes) is 3. The van der Waals surface area contributed by atoms with E-state index in [4.69, 9.17) is 4.74 Å². The number of benzene rings is 16. The van der Waals surface area contributed by atoms with Crippen LogP contribution in [0.15, 0.2) is 376 Å². The second-order valence-corrected chi connectivity index (χ2v) is 35.1. The Hall–Kier alpha value is -13.1. The summed E-state index contributed by atoms with van der Waals surface area (Å²) in [7, 11) is 0. The van der Waals surface area contributed by atoms with E-state index >= 15 is 0 Å². The van der Waals surface area contributed by atoms with Crippen molar-refractivity contribution in [2.75, 3.05) is 16.4 Å². The highest BCUT2D eigenvalue weighted by Crippen LogP contribution is 2.58. The fourth-order valence-corrected chi connectivity index (χ4v) is 20.6. The van der Waals surface area contributed by atoms with Gasteiger partial charge in [-0.3, -0.25) is 0 Å². The van der Waals surface area contributed by atoms with Gasteiger partial charge in [-0.1, -0.05) is 340 Å². The molecule has 16 aromatic carbocycles. The number of aryl methyl sites for hydroxylation is 2. The summed E-state index contributed by atoms with van der Waals surface area (Å²) >= 11 is 0. The highest BCUT2D eigenvalue weighted by atomic mass is 16.5. The minimum Gasteiger partial charge on any atom is -0.494 e. The molecule has 0 fully saturated rings. The van der Waals surface area contributed by atoms with Crippen molar-refractivity contribution < 1.29 is 4.74 Å². The molecule has 4 aliphatic carbocycles. The summed E-state index contributed by atoms with van der Waals surface area (Å²) in [5.41, 5.74) is 41.4. The van der Waals surface area contributed by atoms with Crippen molar-refractivity contribution in [3.05, 3.63) is 437 Å². The van der Waals surface area contributed by atoms with Crippen LogP contribution >= 0.6 is 0 Å². The Balaban J connectivity index is 0.606. The van der Waals surface area contributed by atoms with Gasteiger partial charge in [0.2, 0.25) is 0 Å². The van der Waals surface area contributed by atoms with Gasteiger partial charge in [-0.25, -0.2) is 0 Å². The van der Waals surface area contributed by atoms with Crippen LogP contribution < -0.4 is 14.5 Å². The number of hydrogen-bond acceptors (Lipinski definition) is 3. The highest BCUT2D eigenvalue weighted by Gasteiger charge is 2.45. The van der Waals surface area contributed by atoms with Crippen molar-refractivity contribution in [3.8, 4) is 94.8 Å². The molecule has 2 unspecified atom stereocenters. The van der Waals surface area contributed by atoms with Gasteiger partial charge in [0.1, 0.15) is 5.75 Å². The first kappa shape index (κ1) is 75.7. The molecule has 0 N–H and O–H groups in total. The Bertz CT molecular complexity index is 6130. The summed E-state index contributed by atoms with van der Waals surface area (Å²) in [6.07, 6.45) is 9.76. The lowest BCUT2D eigenvalue weighted by atomic mass is 9.68. The molecular weight excluding hydrogens is 1450 g/mol. The molecule has 0 saturated heterocycles. The Morgan fingerprint density at radius 3 is 1.11 bits per heavy atom. The van der Waals surface area contributed by atoms with E-state index in [1.807, 2.05) is 0 Å². The minimum absolute atomic E-state index is 0.151. The third-order valence-corrected chi connectivity index (χ3v) is 27.4. The Morgan fingerprint density at radius 1 is 0.292 bits per heavy atom. The highest BCUT2D eigenvalue weighted by molar-refractivity contribution is 5.92. The molecule has 0 amide bonds. The van der Waals surface area contributed by atoms with Gasteiger partial charge in [0.15, 0.2) is 0 Å². The van der Waals surface area contributed by atoms with Crippen molar-refractivity contribution in [1.82, 2.24) is 0 Å². The molecule has 0 aliphatic heterocycles. The van der Waals surface area contributed by atoms with Crippen LogP contribution in [0.2, 0.25) is 0 Å². The van der Waals surface area contributed by atoms with Crippen LogP contribution in [0.5, 0.6) is 5.75 Å². The molecule has 0 saturated carbocycles. The van der Waals surface area contributed by atoms with Gasteiger partial charge < -0.3 is 14.5 Å². The zero-order chi connectivity index (χ0) is 81.1. The smallest absolute Gasteiger partial charge is 0.119 e. The summed E-state index contributed by atoms with van der Waals surface area (Å²) in [4.78, 5) is 4.89. The van der Waals surface area contributed by atoms with Crippen LogP contribution in [0.1, 0.15) is 160 Å². The molecule has 4 aliphatic rings. The second-order valence-electron chi connectivity index (χ2n) is 35.1. The third kappa shape index (κ3) is 13.9. The molecule has 0 radical (unpaired) electrons. The van der Waals surface area contributed by atoms with E-state index in [9.17, 15) is 0 Å². The standard InChI is InChI=1S/C117H102N2O/c1-7-80(73-79(2)81-35-37-87(38-36-81)91-41-39-88-40-42-92(88)74-91)84-51-65-102(66-52-84)120-72-24-9-8-23-71-117(95-29-17-12-18-30-95)113-75-93(89-47-59-98(60-48-89)118(96-55-43-85(44-56-96)82-25-13-10-14-26-82)100-63-69-105-103-31-19-21-33-109(103)115(3,4)111(105)77-100)53-67-107(113)108-68-54-94(76-114(108)117)90-49-61-99(62-50-90)119(97-57-45-86(46-58-97)83-27-15-11-16-28-83)101-64-70-106-104-32-20-22-34-110(104)116(5,6)112(106)78-101/h10-22,25-39,41,43-70,74-80H,7-9,23-24,40,42,71-73H2,1-6H3. The van der Waals surface area contributed by atoms with E-state index in [-0.39, 0.29) is 10.8 Å². The fraction of sp³-hybridized carbons (Fsp3) is 0.179. The van der Waals surface area contributed by atoms with E-state index < -0.39 is 5.41 Å². The number of rotatable bonds is 25. The summed E-state index contributed by atoms with van der Waals surface area (Å²) in [6, 6.07) is 142. The van der Waals surface area contributed by atoms with Gasteiger partial charge >= 0.3 is 0 Å². The molecule has 2 atom stereocenters. The molecule has 3 nitrogen and oxygen atoms in total. The van der Waals surface area contributed by atoms with Gasteiger partial charge in [0.05, 0.1) is 6.61 Å². The van der Waals surface area contributed by atoms with E-state index in [0.29, 0.717) is 18.4 Å². The molecule has 3 heteroatoms. The summed E-state index contributed by atoms with van der Waals surface area (Å²) in [6.45, 7) is 14.9. The third-order valence-electron chi connectivity index (χ3n) is 27.4. The predicted octanol–water partition coefficient (Wildman–Crippen LogP) is 31.7. The molecule has 0 bridgehead atoms. The lowest BCUT2D eigenvalue weighted by Crippen LogP contribution is -2.27. The fourth-order valence-electron chi connectivity index (χ4n) is 20.6. The number of ether oxygens (including phenoxy) is 1. The molecular formula is C117H102N2O. The maximum atomic E-state index is 6.60. The minimum atomic E-state index is -0.453. The zero-order valence-electron chi connectivity index (χ0n) is 69.8. The molecule has 16 aromatic rings. The molecule has 0 aromatic heterocycles. The maximum Gasteiger partial charge on any atom is 0.119 e. The number of hydrogen-bond donors (Lipinski definition) is 0. The largest absolute Gasteiger partial charge is 0.494 e. The Kier molecular flexibility index (Phi) is 20.0. The van der Waals surface area contributed by atoms with Gasteiger partial charge in [-0.05, 0) is 298 Å². The monoisotopic (exact) mass is 1550 g/mol. The average molecular weight is 1550 g/mol. The number of nitrogens with zero attached hydrogens (tertiary/aromatic N) is 2. The van der Waals surface area contributed by atoms with Crippen LogP contribution in [0.3, 0.4) is 0 Å². The quantitative estimate of drug-likeness (QED) is 0.0531. The first-order valence-electron chi connectivity index (χ1n) is 43.7. The van der Waals surface area contributed by atoms with Gasteiger partial charge in [-0.15, -0.1) is 0 Å². The predicted molar refractivity (Wildman–Crippen MR) is 505 cm³/mol. The van der Waals surface area contributed by atoms with Gasteiger partial charge in [0, 0.05) is 50.4 Å². The van der Waals surface area contributed by atoms with E-state index in [1.54, 1.807) is 0 Å². The van der Waals surface area contributed by atoms with E-state index in [2.05, 4.69) is 427 Å². The topological polar surface area (TPSA) is 15.7 Å². The molecule has 20 rings (SSSR count). The van der Waals surface area contributed by atoms with Crippen LogP contribution in [-0.2, 0) is 29.1 Å². The molecule has 586 valence electrons. The van der Waals surface area contributed by atoms with Crippen LogP contribution in [-0.4, -0.2) is 6.61 Å². The SMILES string of the molecule is CCC(CC(C)c1ccc(-c2ccc3c(c2)CC3)cc1)c1ccc(OCCCCCCC2(c3ccccc3)c3cc(-c4ccc(N(c5ccc(-c6ccccc6)cc5)c5ccc6c(c5)C(C)(C)c5ccccc5-6)cc4)ccc3-c3ccc(-c4ccc(N(c5ccc(-c6ccccc6)cc5)c5ccc6c(c5)C(C)(C)c5ccccc5-6)cc4)cc32)cc1. The summed E-state index contributed by atoms with van der Waals surface area (Å²) in [5, 5.41) is 0. The maximum absolute atomic E-state index is 6.60. The van der Waals surface area contributed by atoms with Crippen molar-refractivity contribution in [2.24, 2.45) is 0 Å². The van der Waals surface area contributed by atoms with Gasteiger partial charge in [0.25, 0.3) is 0 Å². The van der Waals surface area contributed by atoms with Gasteiger partial charge in [-0.2, -0.15) is 0 Å².